The van der Waals surface area contributed by atoms with Gasteiger partial charge in [0, 0.05) is 30.6 Å². The standard InChI is InChI=1S/C17H21NO3/c1-13-11-18(12-14(2)21-13)17(20)16-8-6-15(7-9-16)5-3-4-10-19/h6-9,13-14,19H,4,10-12H2,1-2H3/t13-,14+. The summed E-state index contributed by atoms with van der Waals surface area (Å²) in [6, 6.07) is 7.28. The molecule has 21 heavy (non-hydrogen) atoms. The number of ether oxygens (including phenoxy) is 1. The van der Waals surface area contributed by atoms with Gasteiger partial charge in [-0.15, -0.1) is 0 Å². The Balaban J connectivity index is 2.04. The topological polar surface area (TPSA) is 49.8 Å². The molecule has 1 amide bonds. The van der Waals surface area contributed by atoms with Gasteiger partial charge in [-0.05, 0) is 38.1 Å². The van der Waals surface area contributed by atoms with Crippen LogP contribution in [-0.4, -0.2) is 47.8 Å². The number of morpholine rings is 1. The molecule has 1 N–H and O–H groups in total. The van der Waals surface area contributed by atoms with E-state index in [0.29, 0.717) is 25.1 Å². The molecule has 112 valence electrons. The van der Waals surface area contributed by atoms with Crippen molar-refractivity contribution in [2.75, 3.05) is 19.7 Å². The summed E-state index contributed by atoms with van der Waals surface area (Å²) in [5.41, 5.74) is 1.52. The quantitative estimate of drug-likeness (QED) is 0.842. The number of carbonyl (C=O) groups is 1. The van der Waals surface area contributed by atoms with E-state index in [-0.39, 0.29) is 24.7 Å². The zero-order chi connectivity index (χ0) is 15.2. The first-order valence-electron chi connectivity index (χ1n) is 7.24. The van der Waals surface area contributed by atoms with Crippen molar-refractivity contribution in [3.8, 4) is 11.8 Å². The van der Waals surface area contributed by atoms with E-state index < -0.39 is 0 Å². The number of amides is 1. The van der Waals surface area contributed by atoms with E-state index in [9.17, 15) is 4.79 Å². The molecule has 1 aliphatic heterocycles. The Bertz CT molecular complexity index is 531. The van der Waals surface area contributed by atoms with Crippen LogP contribution in [0.1, 0.15) is 36.2 Å². The molecule has 0 radical (unpaired) electrons. The van der Waals surface area contributed by atoms with E-state index >= 15 is 0 Å². The molecule has 1 aromatic rings. The van der Waals surface area contributed by atoms with Crippen molar-refractivity contribution in [3.63, 3.8) is 0 Å². The third-order valence-electron chi connectivity index (χ3n) is 3.31. The maximum Gasteiger partial charge on any atom is 0.254 e. The highest BCUT2D eigenvalue weighted by Gasteiger charge is 2.26. The molecule has 0 bridgehead atoms. The maximum absolute atomic E-state index is 12.5. The summed E-state index contributed by atoms with van der Waals surface area (Å²) in [5.74, 6) is 5.85. The van der Waals surface area contributed by atoms with Gasteiger partial charge in [-0.3, -0.25) is 4.79 Å². The first-order chi connectivity index (χ1) is 10.1. The lowest BCUT2D eigenvalue weighted by molar-refractivity contribution is -0.0586. The number of carbonyl (C=O) groups excluding carboxylic acids is 1. The number of rotatable bonds is 2. The van der Waals surface area contributed by atoms with E-state index in [0.717, 1.165) is 5.56 Å². The van der Waals surface area contributed by atoms with Gasteiger partial charge in [0.25, 0.3) is 5.91 Å². The molecule has 0 spiro atoms. The van der Waals surface area contributed by atoms with Gasteiger partial charge in [0.05, 0.1) is 18.8 Å². The minimum atomic E-state index is 0.0341. The SMILES string of the molecule is C[C@@H]1CN(C(=O)c2ccc(C#CCCO)cc2)C[C@H](C)O1. The minimum absolute atomic E-state index is 0.0341. The Morgan fingerprint density at radius 1 is 1.29 bits per heavy atom. The number of nitrogens with zero attached hydrogens (tertiary/aromatic N) is 1. The second kappa shape index (κ2) is 7.26. The van der Waals surface area contributed by atoms with Crippen molar-refractivity contribution >= 4 is 5.91 Å². The molecule has 2 rings (SSSR count). The van der Waals surface area contributed by atoms with Crippen molar-refractivity contribution in [2.45, 2.75) is 32.5 Å². The summed E-state index contributed by atoms with van der Waals surface area (Å²) in [5, 5.41) is 8.69. The van der Waals surface area contributed by atoms with E-state index in [1.165, 1.54) is 0 Å². The monoisotopic (exact) mass is 287 g/mol. The number of hydrogen-bond donors (Lipinski definition) is 1. The van der Waals surface area contributed by atoms with Crippen LogP contribution in [0, 0.1) is 11.8 Å². The van der Waals surface area contributed by atoms with E-state index in [1.807, 2.05) is 30.9 Å². The van der Waals surface area contributed by atoms with Gasteiger partial charge < -0.3 is 14.7 Å². The van der Waals surface area contributed by atoms with Gasteiger partial charge >= 0.3 is 0 Å². The molecular formula is C17H21NO3. The largest absolute Gasteiger partial charge is 0.395 e. The van der Waals surface area contributed by atoms with Crippen molar-refractivity contribution in [2.24, 2.45) is 0 Å². The van der Waals surface area contributed by atoms with Crippen LogP contribution in [0.15, 0.2) is 24.3 Å². The van der Waals surface area contributed by atoms with E-state index in [4.69, 9.17) is 9.84 Å². The molecule has 2 atom stereocenters. The van der Waals surface area contributed by atoms with Crippen LogP contribution in [0.4, 0.5) is 0 Å². The average Bonchev–Trinajstić information content (AvgIpc) is 2.46. The van der Waals surface area contributed by atoms with Crippen molar-refractivity contribution in [1.29, 1.82) is 0 Å². The van der Waals surface area contributed by atoms with E-state index in [2.05, 4.69) is 11.8 Å². The Hall–Kier alpha value is -1.83. The predicted octanol–water partition coefficient (Wildman–Crippen LogP) is 1.67. The summed E-state index contributed by atoms with van der Waals surface area (Å²) < 4.78 is 5.64. The highest BCUT2D eigenvalue weighted by atomic mass is 16.5. The lowest BCUT2D eigenvalue weighted by atomic mass is 10.1. The normalized spacial score (nSPS) is 21.6. The number of aliphatic hydroxyl groups excluding tert-OH is 1. The first-order valence-corrected chi connectivity index (χ1v) is 7.24. The maximum atomic E-state index is 12.5. The van der Waals surface area contributed by atoms with Gasteiger partial charge in [0.2, 0.25) is 0 Å². The number of benzene rings is 1. The second-order valence-corrected chi connectivity index (χ2v) is 5.32. The fraction of sp³-hybridized carbons (Fsp3) is 0.471. The van der Waals surface area contributed by atoms with Gasteiger partial charge in [-0.1, -0.05) is 11.8 Å². The zero-order valence-electron chi connectivity index (χ0n) is 12.5. The molecule has 0 saturated carbocycles. The van der Waals surface area contributed by atoms with Gasteiger partial charge in [0.15, 0.2) is 0 Å². The fourth-order valence-electron chi connectivity index (χ4n) is 2.44. The lowest BCUT2D eigenvalue weighted by Gasteiger charge is -2.35. The van der Waals surface area contributed by atoms with Crippen LogP contribution in [-0.2, 0) is 4.74 Å². The molecule has 1 fully saturated rings. The minimum Gasteiger partial charge on any atom is -0.395 e. The Morgan fingerprint density at radius 3 is 2.48 bits per heavy atom. The molecule has 0 aliphatic carbocycles. The summed E-state index contributed by atoms with van der Waals surface area (Å²) in [7, 11) is 0. The summed E-state index contributed by atoms with van der Waals surface area (Å²) in [6.07, 6.45) is 0.604. The van der Waals surface area contributed by atoms with Crippen molar-refractivity contribution < 1.29 is 14.6 Å². The molecular weight excluding hydrogens is 266 g/mol. The van der Waals surface area contributed by atoms with E-state index in [1.54, 1.807) is 12.1 Å². The predicted molar refractivity (Wildman–Crippen MR) is 80.9 cm³/mol. The summed E-state index contributed by atoms with van der Waals surface area (Å²) in [4.78, 5) is 14.3. The van der Waals surface area contributed by atoms with Gasteiger partial charge in [-0.2, -0.15) is 0 Å². The molecule has 1 aliphatic rings. The molecule has 0 aromatic heterocycles. The average molecular weight is 287 g/mol. The van der Waals surface area contributed by atoms with Crippen LogP contribution in [0.2, 0.25) is 0 Å². The third-order valence-corrected chi connectivity index (χ3v) is 3.31. The molecule has 0 unspecified atom stereocenters. The molecule has 1 aromatic carbocycles. The second-order valence-electron chi connectivity index (χ2n) is 5.32. The van der Waals surface area contributed by atoms with Crippen LogP contribution in [0.3, 0.4) is 0 Å². The third kappa shape index (κ3) is 4.32. The molecule has 1 saturated heterocycles. The molecule has 4 nitrogen and oxygen atoms in total. The van der Waals surface area contributed by atoms with Crippen molar-refractivity contribution in [1.82, 2.24) is 4.90 Å². The summed E-state index contributed by atoms with van der Waals surface area (Å²) >= 11 is 0. The van der Waals surface area contributed by atoms with Crippen LogP contribution in [0.5, 0.6) is 0 Å². The zero-order valence-corrected chi connectivity index (χ0v) is 12.5. The lowest BCUT2D eigenvalue weighted by Crippen LogP contribution is -2.48. The molecule has 4 heteroatoms. The van der Waals surface area contributed by atoms with Crippen LogP contribution in [0.25, 0.3) is 0 Å². The highest BCUT2D eigenvalue weighted by Crippen LogP contribution is 2.14. The Kier molecular flexibility index (Phi) is 5.38. The Labute approximate surface area is 125 Å². The van der Waals surface area contributed by atoms with Crippen molar-refractivity contribution in [3.05, 3.63) is 35.4 Å². The van der Waals surface area contributed by atoms with Crippen LogP contribution >= 0.6 is 0 Å². The number of hydrogen-bond acceptors (Lipinski definition) is 3. The molecule has 1 heterocycles. The summed E-state index contributed by atoms with van der Waals surface area (Å²) in [6.45, 7) is 5.28. The van der Waals surface area contributed by atoms with Gasteiger partial charge in [0.1, 0.15) is 0 Å². The fourth-order valence-corrected chi connectivity index (χ4v) is 2.44. The smallest absolute Gasteiger partial charge is 0.254 e. The Morgan fingerprint density at radius 2 is 1.90 bits per heavy atom. The van der Waals surface area contributed by atoms with Gasteiger partial charge in [-0.25, -0.2) is 0 Å². The number of aliphatic hydroxyl groups is 1. The highest BCUT2D eigenvalue weighted by molar-refractivity contribution is 5.94. The first kappa shape index (κ1) is 15.6. The van der Waals surface area contributed by atoms with Crippen LogP contribution < -0.4 is 0 Å².